The van der Waals surface area contributed by atoms with E-state index in [1.807, 2.05) is 45.0 Å². The lowest BCUT2D eigenvalue weighted by atomic mass is 10.1. The third-order valence-electron chi connectivity index (χ3n) is 4.40. The molecule has 9 heteroatoms. The number of nitrogen functional groups attached to an aromatic ring is 1. The molecular formula is C20H20F3N5O. The molecular weight excluding hydrogens is 383 g/mol. The van der Waals surface area contributed by atoms with E-state index in [0.717, 1.165) is 23.4 Å². The molecule has 0 bridgehead atoms. The number of nitrogens with one attached hydrogen (secondary N) is 1. The highest BCUT2D eigenvalue weighted by atomic mass is 19.4. The van der Waals surface area contributed by atoms with Crippen LogP contribution in [-0.2, 0) is 6.18 Å². The Bertz CT molecular complexity index is 1040. The standard InChI is InChI=1S/C20H20F3N5O/c1-11(2)17-16(18(24)28(27-17)14-7-5-4-6-12(14)3)19(29)26-15-9-8-13(10-25-15)20(21,22)23/h4-11H,24H2,1-3H3,(H,25,26,29). The van der Waals surface area contributed by atoms with Crippen molar-refractivity contribution >= 4 is 17.5 Å². The van der Waals surface area contributed by atoms with Gasteiger partial charge in [0.1, 0.15) is 17.2 Å². The van der Waals surface area contributed by atoms with Crippen molar-refractivity contribution in [1.82, 2.24) is 14.8 Å². The van der Waals surface area contributed by atoms with Crippen LogP contribution in [-0.4, -0.2) is 20.7 Å². The number of hydrogen-bond donors (Lipinski definition) is 2. The number of amides is 1. The maximum absolute atomic E-state index is 12.9. The molecule has 2 heterocycles. The van der Waals surface area contributed by atoms with E-state index in [9.17, 15) is 18.0 Å². The number of rotatable bonds is 4. The van der Waals surface area contributed by atoms with Crippen molar-refractivity contribution in [2.75, 3.05) is 11.1 Å². The van der Waals surface area contributed by atoms with Crippen molar-refractivity contribution in [3.05, 3.63) is 65.0 Å². The Hall–Kier alpha value is -3.36. The van der Waals surface area contributed by atoms with Gasteiger partial charge in [0.15, 0.2) is 0 Å². The van der Waals surface area contributed by atoms with Crippen molar-refractivity contribution in [3.8, 4) is 5.69 Å². The van der Waals surface area contributed by atoms with Crippen molar-refractivity contribution in [2.45, 2.75) is 32.9 Å². The first-order valence-electron chi connectivity index (χ1n) is 8.88. The Morgan fingerprint density at radius 3 is 2.41 bits per heavy atom. The minimum absolute atomic E-state index is 0.0132. The smallest absolute Gasteiger partial charge is 0.383 e. The van der Waals surface area contributed by atoms with E-state index in [1.54, 1.807) is 0 Å². The number of benzene rings is 1. The number of alkyl halides is 3. The molecule has 2 aromatic heterocycles. The van der Waals surface area contributed by atoms with Crippen LogP contribution in [0.5, 0.6) is 0 Å². The fraction of sp³-hybridized carbons (Fsp3) is 0.250. The molecule has 152 valence electrons. The Morgan fingerprint density at radius 1 is 1.17 bits per heavy atom. The fourth-order valence-corrected chi connectivity index (χ4v) is 2.88. The van der Waals surface area contributed by atoms with E-state index < -0.39 is 17.6 Å². The molecule has 0 aliphatic heterocycles. The highest BCUT2D eigenvalue weighted by Crippen LogP contribution is 2.30. The topological polar surface area (TPSA) is 85.8 Å². The molecule has 0 unspecified atom stereocenters. The van der Waals surface area contributed by atoms with E-state index in [2.05, 4.69) is 15.4 Å². The molecule has 6 nitrogen and oxygen atoms in total. The van der Waals surface area contributed by atoms with E-state index in [1.165, 1.54) is 4.68 Å². The number of carbonyl (C=O) groups excluding carboxylic acids is 1. The van der Waals surface area contributed by atoms with Gasteiger partial charge in [0.25, 0.3) is 5.91 Å². The summed E-state index contributed by atoms with van der Waals surface area (Å²) < 4.78 is 39.5. The van der Waals surface area contributed by atoms with E-state index in [4.69, 9.17) is 5.73 Å². The highest BCUT2D eigenvalue weighted by molar-refractivity contribution is 6.08. The number of nitrogens with zero attached hydrogens (tertiary/aromatic N) is 3. The first kappa shape index (κ1) is 20.4. The summed E-state index contributed by atoms with van der Waals surface area (Å²) in [5.74, 6) is -0.560. The summed E-state index contributed by atoms with van der Waals surface area (Å²) in [4.78, 5) is 16.5. The van der Waals surface area contributed by atoms with Crippen LogP contribution < -0.4 is 11.1 Å². The first-order valence-corrected chi connectivity index (χ1v) is 8.88. The third-order valence-corrected chi connectivity index (χ3v) is 4.40. The molecule has 0 radical (unpaired) electrons. The van der Waals surface area contributed by atoms with Gasteiger partial charge in [-0.2, -0.15) is 18.3 Å². The zero-order chi connectivity index (χ0) is 21.3. The summed E-state index contributed by atoms with van der Waals surface area (Å²) in [6.07, 6.45) is -3.83. The average molecular weight is 403 g/mol. The first-order chi connectivity index (χ1) is 13.6. The number of anilines is 2. The van der Waals surface area contributed by atoms with Gasteiger partial charge in [-0.25, -0.2) is 9.67 Å². The highest BCUT2D eigenvalue weighted by Gasteiger charge is 2.31. The van der Waals surface area contributed by atoms with Gasteiger partial charge in [0.05, 0.1) is 16.9 Å². The maximum atomic E-state index is 12.9. The van der Waals surface area contributed by atoms with Gasteiger partial charge >= 0.3 is 6.18 Å². The monoisotopic (exact) mass is 403 g/mol. The second-order valence-corrected chi connectivity index (χ2v) is 6.88. The van der Waals surface area contributed by atoms with E-state index in [-0.39, 0.29) is 23.1 Å². The summed E-state index contributed by atoms with van der Waals surface area (Å²) in [6, 6.07) is 9.40. The molecule has 0 fully saturated rings. The van der Waals surface area contributed by atoms with E-state index in [0.29, 0.717) is 11.9 Å². The molecule has 3 aromatic rings. The minimum Gasteiger partial charge on any atom is -0.383 e. The number of pyridine rings is 1. The predicted molar refractivity (Wildman–Crippen MR) is 104 cm³/mol. The van der Waals surface area contributed by atoms with Gasteiger partial charge < -0.3 is 11.1 Å². The molecule has 0 atom stereocenters. The maximum Gasteiger partial charge on any atom is 0.417 e. The zero-order valence-corrected chi connectivity index (χ0v) is 16.1. The number of hydrogen-bond acceptors (Lipinski definition) is 4. The van der Waals surface area contributed by atoms with Crippen LogP contribution >= 0.6 is 0 Å². The van der Waals surface area contributed by atoms with Gasteiger partial charge in [0, 0.05) is 6.20 Å². The summed E-state index contributed by atoms with van der Waals surface area (Å²) in [7, 11) is 0. The zero-order valence-electron chi connectivity index (χ0n) is 16.1. The van der Waals surface area contributed by atoms with Crippen LogP contribution in [0.2, 0.25) is 0 Å². The summed E-state index contributed by atoms with van der Waals surface area (Å²) in [6.45, 7) is 5.64. The Labute approximate surface area is 165 Å². The van der Waals surface area contributed by atoms with Crippen LogP contribution in [0.4, 0.5) is 24.8 Å². The quantitative estimate of drug-likeness (QED) is 0.669. The summed E-state index contributed by atoms with van der Waals surface area (Å²) in [5, 5.41) is 7.01. The normalized spacial score (nSPS) is 11.7. The SMILES string of the molecule is Cc1ccccc1-n1nc(C(C)C)c(C(=O)Nc2ccc(C(F)(F)F)cn2)c1N. The van der Waals surface area contributed by atoms with Crippen LogP contribution in [0.25, 0.3) is 5.69 Å². The number of nitrogens with two attached hydrogens (primary N) is 1. The minimum atomic E-state index is -4.50. The molecule has 0 saturated carbocycles. The lowest BCUT2D eigenvalue weighted by Crippen LogP contribution is -2.17. The van der Waals surface area contributed by atoms with Gasteiger partial charge in [-0.1, -0.05) is 32.0 Å². The second kappa shape index (κ2) is 7.57. The molecule has 1 aromatic carbocycles. The van der Waals surface area contributed by atoms with Crippen LogP contribution in [0.1, 0.15) is 46.9 Å². The largest absolute Gasteiger partial charge is 0.417 e. The molecule has 3 rings (SSSR count). The van der Waals surface area contributed by atoms with E-state index >= 15 is 0 Å². The Kier molecular flexibility index (Phi) is 5.32. The molecule has 29 heavy (non-hydrogen) atoms. The summed E-state index contributed by atoms with van der Waals surface area (Å²) in [5.41, 5.74) is 7.66. The number of aryl methyl sites for hydroxylation is 1. The molecule has 0 aliphatic carbocycles. The number of halogens is 3. The lowest BCUT2D eigenvalue weighted by Gasteiger charge is -2.09. The van der Waals surface area contributed by atoms with Gasteiger partial charge in [-0.15, -0.1) is 0 Å². The van der Waals surface area contributed by atoms with Crippen molar-refractivity contribution in [2.24, 2.45) is 0 Å². The molecule has 0 spiro atoms. The fourth-order valence-electron chi connectivity index (χ4n) is 2.88. The van der Waals surface area contributed by atoms with Crippen LogP contribution in [0, 0.1) is 6.92 Å². The molecule has 0 aliphatic rings. The van der Waals surface area contributed by atoms with Crippen molar-refractivity contribution in [1.29, 1.82) is 0 Å². The third kappa shape index (κ3) is 4.08. The van der Waals surface area contributed by atoms with Gasteiger partial charge in [-0.05, 0) is 36.6 Å². The second-order valence-electron chi connectivity index (χ2n) is 6.88. The van der Waals surface area contributed by atoms with Crippen molar-refractivity contribution in [3.63, 3.8) is 0 Å². The average Bonchev–Trinajstić information content (AvgIpc) is 2.99. The van der Waals surface area contributed by atoms with Crippen LogP contribution in [0.3, 0.4) is 0 Å². The number of carbonyl (C=O) groups is 1. The van der Waals surface area contributed by atoms with Crippen LogP contribution in [0.15, 0.2) is 42.6 Å². The van der Waals surface area contributed by atoms with Gasteiger partial charge in [0.2, 0.25) is 0 Å². The Morgan fingerprint density at radius 2 is 1.86 bits per heavy atom. The molecule has 1 amide bonds. The molecule has 0 saturated heterocycles. The predicted octanol–water partition coefficient (Wildman–Crippen LogP) is 4.55. The lowest BCUT2D eigenvalue weighted by molar-refractivity contribution is -0.137. The molecule has 3 N–H and O–H groups in total. The Balaban J connectivity index is 1.97. The summed E-state index contributed by atoms with van der Waals surface area (Å²) >= 11 is 0. The van der Waals surface area contributed by atoms with Crippen molar-refractivity contribution < 1.29 is 18.0 Å². The van der Waals surface area contributed by atoms with Gasteiger partial charge in [-0.3, -0.25) is 4.79 Å². The number of aromatic nitrogens is 3. The number of para-hydroxylation sites is 1.